The summed E-state index contributed by atoms with van der Waals surface area (Å²) in [5.74, 6) is -0.955. The third-order valence-electron chi connectivity index (χ3n) is 1.81. The molecule has 1 nitrogen and oxygen atoms in total. The van der Waals surface area contributed by atoms with Crippen LogP contribution in [0.4, 0.5) is 13.2 Å². The van der Waals surface area contributed by atoms with Crippen molar-refractivity contribution in [3.05, 3.63) is 33.3 Å². The van der Waals surface area contributed by atoms with Crippen molar-refractivity contribution in [3.8, 4) is 0 Å². The van der Waals surface area contributed by atoms with E-state index in [1.807, 2.05) is 0 Å². The number of hydrogen-bond donors (Lipinski definition) is 0. The Labute approximate surface area is 104 Å². The van der Waals surface area contributed by atoms with Crippen LogP contribution in [0.2, 0.25) is 10.0 Å². The van der Waals surface area contributed by atoms with Crippen molar-refractivity contribution in [3.63, 3.8) is 0 Å². The van der Waals surface area contributed by atoms with Crippen molar-refractivity contribution in [2.45, 2.75) is 6.18 Å². The second-order valence-corrected chi connectivity index (χ2v) is 3.87. The molecule has 0 fully saturated rings. The minimum atomic E-state index is -4.61. The highest BCUT2D eigenvalue weighted by Crippen LogP contribution is 2.39. The first kappa shape index (κ1) is 13.6. The van der Waals surface area contributed by atoms with Gasteiger partial charge < -0.3 is 0 Å². The molecule has 88 valence electrons. The molecule has 7 heteroatoms. The molecule has 0 bridgehead atoms. The third-order valence-corrected chi connectivity index (χ3v) is 2.93. The van der Waals surface area contributed by atoms with E-state index >= 15 is 0 Å². The van der Waals surface area contributed by atoms with E-state index in [-0.39, 0.29) is 11.4 Å². The van der Waals surface area contributed by atoms with E-state index < -0.39 is 27.6 Å². The quantitative estimate of drug-likeness (QED) is 0.582. The first-order chi connectivity index (χ1) is 7.29. The molecule has 1 aromatic carbocycles. The molecule has 0 saturated heterocycles. The van der Waals surface area contributed by atoms with E-state index in [1.54, 1.807) is 0 Å². The number of ketones is 1. The molecule has 1 aromatic rings. The van der Waals surface area contributed by atoms with Gasteiger partial charge in [-0.05, 0) is 12.1 Å². The lowest BCUT2D eigenvalue weighted by Crippen LogP contribution is -2.09. The molecule has 0 N–H and O–H groups in total. The van der Waals surface area contributed by atoms with E-state index in [4.69, 9.17) is 34.8 Å². The molecule has 0 aliphatic carbocycles. The number of carbonyl (C=O) groups is 1. The summed E-state index contributed by atoms with van der Waals surface area (Å²) in [5, 5.41) is -1.12. The molecule has 0 aromatic heterocycles. The molecule has 0 unspecified atom stereocenters. The lowest BCUT2D eigenvalue weighted by Gasteiger charge is -2.11. The molecule has 0 saturated carbocycles. The molecular weight excluding hydrogens is 287 g/mol. The minimum Gasteiger partial charge on any atom is -0.293 e. The average Bonchev–Trinajstić information content (AvgIpc) is 2.19. The van der Waals surface area contributed by atoms with Crippen molar-refractivity contribution < 1.29 is 18.0 Å². The average molecular weight is 291 g/mol. The Morgan fingerprint density at radius 2 is 1.75 bits per heavy atom. The zero-order valence-corrected chi connectivity index (χ0v) is 9.81. The van der Waals surface area contributed by atoms with Gasteiger partial charge in [-0.15, -0.1) is 11.6 Å². The van der Waals surface area contributed by atoms with E-state index in [0.717, 1.165) is 6.07 Å². The van der Waals surface area contributed by atoms with Crippen LogP contribution in [0.25, 0.3) is 0 Å². The topological polar surface area (TPSA) is 17.1 Å². The molecule has 0 amide bonds. The Hall–Kier alpha value is -0.450. The predicted molar refractivity (Wildman–Crippen MR) is 56.5 cm³/mol. The molecule has 0 atom stereocenters. The van der Waals surface area contributed by atoms with E-state index in [0.29, 0.717) is 6.07 Å². The Morgan fingerprint density at radius 3 is 2.19 bits per heavy atom. The first-order valence-electron chi connectivity index (χ1n) is 3.93. The van der Waals surface area contributed by atoms with Gasteiger partial charge in [0.25, 0.3) is 0 Å². The van der Waals surface area contributed by atoms with Crippen molar-refractivity contribution in [1.82, 2.24) is 0 Å². The van der Waals surface area contributed by atoms with Crippen LogP contribution in [0.15, 0.2) is 12.1 Å². The Morgan fingerprint density at radius 1 is 1.19 bits per heavy atom. The zero-order chi connectivity index (χ0) is 12.5. The van der Waals surface area contributed by atoms with Crippen LogP contribution in [-0.4, -0.2) is 11.7 Å². The van der Waals surface area contributed by atoms with Crippen molar-refractivity contribution in [2.24, 2.45) is 0 Å². The summed E-state index contributed by atoms with van der Waals surface area (Å²) in [5.41, 5.74) is -1.19. The molecule has 0 radical (unpaired) electrons. The maximum atomic E-state index is 12.4. The summed E-state index contributed by atoms with van der Waals surface area (Å²) < 4.78 is 37.2. The number of alkyl halides is 4. The number of hydrogen-bond acceptors (Lipinski definition) is 1. The summed E-state index contributed by atoms with van der Waals surface area (Å²) in [6.07, 6.45) is -4.61. The smallest absolute Gasteiger partial charge is 0.293 e. The van der Waals surface area contributed by atoms with Crippen LogP contribution in [-0.2, 0) is 6.18 Å². The largest absolute Gasteiger partial charge is 0.417 e. The van der Waals surface area contributed by atoms with Gasteiger partial charge in [0.05, 0.1) is 21.5 Å². The Bertz CT molecular complexity index is 429. The van der Waals surface area contributed by atoms with E-state index in [2.05, 4.69) is 0 Å². The van der Waals surface area contributed by atoms with E-state index in [9.17, 15) is 18.0 Å². The lowest BCUT2D eigenvalue weighted by molar-refractivity contribution is -0.137. The summed E-state index contributed by atoms with van der Waals surface area (Å²) >= 11 is 16.3. The standard InChI is InChI=1S/C9H4Cl3F3O/c10-3-6(16)4-1-2-5(9(13,14)15)8(12)7(4)11/h1-2H,3H2. The number of Topliss-reactive ketones (excluding diaryl/α,β-unsaturated/α-hetero) is 1. The molecule has 0 aliphatic rings. The first-order valence-corrected chi connectivity index (χ1v) is 5.22. The van der Waals surface area contributed by atoms with E-state index in [1.165, 1.54) is 0 Å². The number of benzene rings is 1. The van der Waals surface area contributed by atoms with Gasteiger partial charge in [-0.25, -0.2) is 0 Å². The monoisotopic (exact) mass is 290 g/mol. The SMILES string of the molecule is O=C(CCl)c1ccc(C(F)(F)F)c(Cl)c1Cl. The third kappa shape index (κ3) is 2.62. The van der Waals surface area contributed by atoms with Crippen LogP contribution >= 0.6 is 34.8 Å². The molecule has 16 heavy (non-hydrogen) atoms. The van der Waals surface area contributed by atoms with Gasteiger partial charge >= 0.3 is 6.18 Å². The summed E-state index contributed by atoms with van der Waals surface area (Å²) in [7, 11) is 0. The van der Waals surface area contributed by atoms with Gasteiger partial charge in [0.1, 0.15) is 0 Å². The minimum absolute atomic E-state index is 0.116. The van der Waals surface area contributed by atoms with Crippen molar-refractivity contribution in [2.75, 3.05) is 5.88 Å². The second-order valence-electron chi connectivity index (χ2n) is 2.84. The number of halogens is 6. The van der Waals surface area contributed by atoms with Crippen molar-refractivity contribution in [1.29, 1.82) is 0 Å². The van der Waals surface area contributed by atoms with Crippen LogP contribution in [0.1, 0.15) is 15.9 Å². The van der Waals surface area contributed by atoms with Gasteiger partial charge in [0.2, 0.25) is 0 Å². The second kappa shape index (κ2) is 4.82. The molecule has 0 aliphatic heterocycles. The predicted octanol–water partition coefficient (Wildman–Crippen LogP) is 4.43. The Kier molecular flexibility index (Phi) is 4.10. The van der Waals surface area contributed by atoms with Gasteiger partial charge in [0.15, 0.2) is 5.78 Å². The van der Waals surface area contributed by atoms with Gasteiger partial charge in [0, 0.05) is 5.56 Å². The lowest BCUT2D eigenvalue weighted by atomic mass is 10.1. The fourth-order valence-corrected chi connectivity index (χ4v) is 1.74. The van der Waals surface area contributed by atoms with Crippen LogP contribution in [0, 0.1) is 0 Å². The molecule has 0 heterocycles. The fraction of sp³-hybridized carbons (Fsp3) is 0.222. The molecule has 0 spiro atoms. The number of carbonyl (C=O) groups excluding carboxylic acids is 1. The number of rotatable bonds is 2. The maximum Gasteiger partial charge on any atom is 0.417 e. The summed E-state index contributed by atoms with van der Waals surface area (Å²) in [6, 6.07) is 1.66. The van der Waals surface area contributed by atoms with Gasteiger partial charge in [-0.2, -0.15) is 13.2 Å². The van der Waals surface area contributed by atoms with Gasteiger partial charge in [-0.3, -0.25) is 4.79 Å². The normalized spacial score (nSPS) is 11.6. The maximum absolute atomic E-state index is 12.4. The fourth-order valence-electron chi connectivity index (χ4n) is 1.06. The van der Waals surface area contributed by atoms with Gasteiger partial charge in [-0.1, -0.05) is 23.2 Å². The molecule has 1 rings (SSSR count). The molecular formula is C9H4Cl3F3O. The zero-order valence-electron chi connectivity index (χ0n) is 7.54. The summed E-state index contributed by atoms with van der Waals surface area (Å²) in [4.78, 5) is 11.2. The van der Waals surface area contributed by atoms with Crippen molar-refractivity contribution >= 4 is 40.6 Å². The Balaban J connectivity index is 3.35. The highest BCUT2D eigenvalue weighted by molar-refractivity contribution is 6.45. The highest BCUT2D eigenvalue weighted by atomic mass is 35.5. The highest BCUT2D eigenvalue weighted by Gasteiger charge is 2.34. The van der Waals surface area contributed by atoms with Crippen LogP contribution in [0.5, 0.6) is 0 Å². The summed E-state index contributed by atoms with van der Waals surface area (Å²) in [6.45, 7) is 0. The van der Waals surface area contributed by atoms with Crippen LogP contribution < -0.4 is 0 Å². The van der Waals surface area contributed by atoms with Crippen LogP contribution in [0.3, 0.4) is 0 Å².